The van der Waals surface area contributed by atoms with Crippen molar-refractivity contribution in [1.82, 2.24) is 0 Å². The lowest BCUT2D eigenvalue weighted by Crippen LogP contribution is -2.22. The number of likely N-dealkylation sites (N-methyl/N-ethyl adjacent to an activating group) is 1. The molecule has 1 aliphatic carbocycles. The van der Waals surface area contributed by atoms with Crippen LogP contribution in [0.1, 0.15) is 33.3 Å². The van der Waals surface area contributed by atoms with E-state index in [0.717, 1.165) is 22.4 Å². The average molecular weight is 435 g/mol. The summed E-state index contributed by atoms with van der Waals surface area (Å²) >= 11 is 0. The summed E-state index contributed by atoms with van der Waals surface area (Å²) in [5.74, 6) is 0.00919. The minimum absolute atomic E-state index is 0.00919. The van der Waals surface area contributed by atoms with Crippen LogP contribution in [0.3, 0.4) is 0 Å². The van der Waals surface area contributed by atoms with Gasteiger partial charge in [-0.2, -0.15) is 5.26 Å². The van der Waals surface area contributed by atoms with Gasteiger partial charge in [-0.25, -0.2) is 0 Å². The molecule has 1 aromatic carbocycles. The number of hydrogen-bond donors (Lipinski definition) is 0. The molecule has 0 saturated carbocycles. The predicted octanol–water partition coefficient (Wildman–Crippen LogP) is 6.82. The van der Waals surface area contributed by atoms with Gasteiger partial charge in [0, 0.05) is 35.5 Å². The number of allylic oxidation sites excluding steroid dienone is 16. The zero-order valence-electron chi connectivity index (χ0n) is 20.0. The van der Waals surface area contributed by atoms with Crippen molar-refractivity contribution in [3.05, 3.63) is 125 Å². The van der Waals surface area contributed by atoms with Crippen molar-refractivity contribution in [1.29, 1.82) is 5.26 Å². The fraction of sp³-hybridized carbons (Fsp3) is 0.200. The Balaban J connectivity index is 1.81. The van der Waals surface area contributed by atoms with Crippen LogP contribution in [0.15, 0.2) is 119 Å². The number of ketones is 1. The molecule has 0 unspecified atom stereocenters. The molecule has 3 rings (SSSR count). The fourth-order valence-corrected chi connectivity index (χ4v) is 4.06. The van der Waals surface area contributed by atoms with Crippen LogP contribution in [0.5, 0.6) is 0 Å². The maximum Gasteiger partial charge on any atom is 0.185 e. The van der Waals surface area contributed by atoms with Gasteiger partial charge in [-0.1, -0.05) is 74.1 Å². The smallest absolute Gasteiger partial charge is 0.185 e. The van der Waals surface area contributed by atoms with E-state index < -0.39 is 0 Å². The molecule has 0 saturated heterocycles. The highest BCUT2D eigenvalue weighted by Crippen LogP contribution is 2.46. The van der Waals surface area contributed by atoms with E-state index in [0.29, 0.717) is 5.57 Å². The lowest BCUT2D eigenvalue weighted by Gasteiger charge is -2.23. The van der Waals surface area contributed by atoms with Gasteiger partial charge in [0.2, 0.25) is 0 Å². The topological polar surface area (TPSA) is 44.1 Å². The summed E-state index contributed by atoms with van der Waals surface area (Å²) in [6.45, 7) is 8.33. The molecular formula is C30H30N2O. The number of benzene rings is 1. The van der Waals surface area contributed by atoms with Crippen LogP contribution >= 0.6 is 0 Å². The SMILES string of the molecule is CC(/C=C/C=C(C)/C=C/C1=CC(=C/C=C2/N(C)c3ccccc3C2(C)C)/C(=O)C=C1)=C\C#N. The van der Waals surface area contributed by atoms with Crippen LogP contribution in [-0.4, -0.2) is 12.8 Å². The number of rotatable bonds is 5. The van der Waals surface area contributed by atoms with E-state index >= 15 is 0 Å². The molecular weight excluding hydrogens is 404 g/mol. The van der Waals surface area contributed by atoms with Crippen molar-refractivity contribution in [3.8, 4) is 6.07 Å². The van der Waals surface area contributed by atoms with Gasteiger partial charge in [0.25, 0.3) is 0 Å². The molecule has 0 aromatic heterocycles. The summed E-state index contributed by atoms with van der Waals surface area (Å²) in [4.78, 5) is 14.7. The number of carbonyl (C=O) groups is 1. The molecule has 3 heteroatoms. The molecule has 1 heterocycles. The summed E-state index contributed by atoms with van der Waals surface area (Å²) < 4.78 is 0. The number of hydrogen-bond acceptors (Lipinski definition) is 3. The Morgan fingerprint density at radius 3 is 2.55 bits per heavy atom. The standard InChI is InChI=1S/C30H30N2O/c1-22(9-8-10-23(2)19-20-31)13-14-24-15-17-28(33)25(21-24)16-18-29-30(3,4)26-11-6-7-12-27(26)32(29)5/h6-19,21H,1-5H3/b10-8+,14-13+,22-9+,23-19+,25-16-,29-18+. The first-order valence-corrected chi connectivity index (χ1v) is 11.0. The summed E-state index contributed by atoms with van der Waals surface area (Å²) in [7, 11) is 2.08. The molecule has 2 aliphatic rings. The number of anilines is 1. The number of para-hydroxylation sites is 1. The second-order valence-corrected chi connectivity index (χ2v) is 8.84. The molecule has 0 fully saturated rings. The fourth-order valence-electron chi connectivity index (χ4n) is 4.06. The monoisotopic (exact) mass is 434 g/mol. The number of nitrogens with zero attached hydrogens (tertiary/aromatic N) is 2. The first-order valence-electron chi connectivity index (χ1n) is 11.0. The normalized spacial score (nSPS) is 20.8. The zero-order chi connectivity index (χ0) is 24.0. The van der Waals surface area contributed by atoms with Crippen molar-refractivity contribution in [2.45, 2.75) is 33.1 Å². The van der Waals surface area contributed by atoms with E-state index in [1.54, 1.807) is 6.08 Å². The molecule has 3 nitrogen and oxygen atoms in total. The minimum Gasteiger partial charge on any atom is -0.347 e. The molecule has 166 valence electrons. The van der Waals surface area contributed by atoms with Gasteiger partial charge in [-0.05, 0) is 60.9 Å². The van der Waals surface area contributed by atoms with Crippen LogP contribution in [0.2, 0.25) is 0 Å². The highest BCUT2D eigenvalue weighted by atomic mass is 16.1. The number of nitriles is 1. The summed E-state index contributed by atoms with van der Waals surface area (Å²) in [5, 5.41) is 8.66. The van der Waals surface area contributed by atoms with Crippen molar-refractivity contribution in [2.75, 3.05) is 11.9 Å². The van der Waals surface area contributed by atoms with E-state index in [9.17, 15) is 4.79 Å². The second kappa shape index (κ2) is 10.1. The van der Waals surface area contributed by atoms with Gasteiger partial charge in [0.15, 0.2) is 5.78 Å². The lowest BCUT2D eigenvalue weighted by molar-refractivity contribution is -0.111. The molecule has 1 aliphatic heterocycles. The Bertz CT molecular complexity index is 1230. The molecule has 0 N–H and O–H groups in total. The Kier molecular flexibility index (Phi) is 7.30. The maximum absolute atomic E-state index is 12.5. The minimum atomic E-state index is -0.126. The quantitative estimate of drug-likeness (QED) is 0.290. The molecule has 0 bridgehead atoms. The molecule has 1 aromatic rings. The van der Waals surface area contributed by atoms with Gasteiger partial charge in [-0.3, -0.25) is 4.79 Å². The van der Waals surface area contributed by atoms with Crippen LogP contribution in [0.4, 0.5) is 5.69 Å². The average Bonchev–Trinajstić information content (AvgIpc) is 2.98. The summed E-state index contributed by atoms with van der Waals surface area (Å²) in [6.07, 6.45) is 20.7. The van der Waals surface area contributed by atoms with E-state index in [2.05, 4.69) is 56.1 Å². The van der Waals surface area contributed by atoms with Crippen molar-refractivity contribution < 1.29 is 4.79 Å². The van der Waals surface area contributed by atoms with Gasteiger partial charge >= 0.3 is 0 Å². The van der Waals surface area contributed by atoms with Gasteiger partial charge in [-0.15, -0.1) is 0 Å². The van der Waals surface area contributed by atoms with E-state index in [4.69, 9.17) is 5.26 Å². The van der Waals surface area contributed by atoms with E-state index in [1.165, 1.54) is 17.3 Å². The Morgan fingerprint density at radius 2 is 1.82 bits per heavy atom. The first-order chi connectivity index (χ1) is 15.7. The number of carbonyl (C=O) groups excluding carboxylic acids is 1. The summed E-state index contributed by atoms with van der Waals surface area (Å²) in [6, 6.07) is 10.4. The van der Waals surface area contributed by atoms with Crippen LogP contribution in [0.25, 0.3) is 0 Å². The molecule has 33 heavy (non-hydrogen) atoms. The van der Waals surface area contributed by atoms with E-state index in [-0.39, 0.29) is 11.2 Å². The molecule has 0 atom stereocenters. The third-order valence-electron chi connectivity index (χ3n) is 5.94. The van der Waals surface area contributed by atoms with E-state index in [1.807, 2.05) is 68.5 Å². The molecule has 0 radical (unpaired) electrons. The van der Waals surface area contributed by atoms with Gasteiger partial charge < -0.3 is 4.90 Å². The van der Waals surface area contributed by atoms with Gasteiger partial charge in [0.1, 0.15) is 0 Å². The summed E-state index contributed by atoms with van der Waals surface area (Å²) in [5.41, 5.74) is 7.15. The Morgan fingerprint density at radius 1 is 1.06 bits per heavy atom. The lowest BCUT2D eigenvalue weighted by atomic mass is 9.83. The molecule has 0 amide bonds. The third kappa shape index (κ3) is 5.48. The number of fused-ring (bicyclic) bond motifs is 1. The van der Waals surface area contributed by atoms with Crippen LogP contribution in [-0.2, 0) is 10.2 Å². The zero-order valence-corrected chi connectivity index (χ0v) is 20.0. The second-order valence-electron chi connectivity index (χ2n) is 8.84. The maximum atomic E-state index is 12.5. The van der Waals surface area contributed by atoms with Crippen LogP contribution < -0.4 is 4.90 Å². The first kappa shape index (κ1) is 23.8. The largest absolute Gasteiger partial charge is 0.347 e. The highest BCUT2D eigenvalue weighted by Gasteiger charge is 2.37. The Labute approximate surface area is 197 Å². The van der Waals surface area contributed by atoms with Crippen molar-refractivity contribution >= 4 is 11.5 Å². The Hall–Kier alpha value is -3.90. The van der Waals surface area contributed by atoms with Crippen molar-refractivity contribution in [2.24, 2.45) is 0 Å². The highest BCUT2D eigenvalue weighted by molar-refractivity contribution is 6.08. The van der Waals surface area contributed by atoms with Gasteiger partial charge in [0.05, 0.1) is 6.07 Å². The van der Waals surface area contributed by atoms with Crippen molar-refractivity contribution in [3.63, 3.8) is 0 Å². The predicted molar refractivity (Wildman–Crippen MR) is 138 cm³/mol. The molecule has 0 spiro atoms. The van der Waals surface area contributed by atoms with Crippen LogP contribution in [0, 0.1) is 11.3 Å². The third-order valence-corrected chi connectivity index (χ3v) is 5.94.